The lowest BCUT2D eigenvalue weighted by atomic mass is 10.1. The Hall–Kier alpha value is -6.51. The fourth-order valence-corrected chi connectivity index (χ4v) is 14.7. The van der Waals surface area contributed by atoms with Crippen LogP contribution < -0.4 is 4.74 Å². The van der Waals surface area contributed by atoms with E-state index in [1.54, 1.807) is 85.8 Å². The third kappa shape index (κ3) is 36.3. The summed E-state index contributed by atoms with van der Waals surface area (Å²) in [4.78, 5) is 10.2. The molecule has 105 heavy (non-hydrogen) atoms. The number of nitrogens with zero attached hydrogens (tertiary/aromatic N) is 2. The molecule has 0 atom stereocenters. The summed E-state index contributed by atoms with van der Waals surface area (Å²) >= 11 is 0. The summed E-state index contributed by atoms with van der Waals surface area (Å²) in [6, 6.07) is 60.4. The highest BCUT2D eigenvalue weighted by Crippen LogP contribution is 2.27. The Kier molecular flexibility index (Phi) is 36.8. The van der Waals surface area contributed by atoms with E-state index in [1.165, 1.54) is 91.5 Å². The van der Waals surface area contributed by atoms with Gasteiger partial charge in [-0.05, 0) is 166 Å². The molecule has 564 valence electrons. The quantitative estimate of drug-likeness (QED) is 0.118. The Labute approximate surface area is 648 Å². The molecule has 41 heteroatoms. The van der Waals surface area contributed by atoms with Crippen molar-refractivity contribution >= 4 is 188 Å². The first-order valence-corrected chi connectivity index (χ1v) is 48.9. The fraction of sp³-hybridized carbons (Fsp3) is 0.0625. The highest BCUT2D eigenvalue weighted by molar-refractivity contribution is 8.16. The maximum absolute atomic E-state index is 12.2. The molecule has 0 spiro atoms. The van der Waals surface area contributed by atoms with Crippen LogP contribution in [0.2, 0.25) is 0 Å². The molecule has 0 amide bonds. The van der Waals surface area contributed by atoms with E-state index in [1.807, 2.05) is 75.4 Å². The summed E-state index contributed by atoms with van der Waals surface area (Å²) in [5.41, 5.74) is 3.57. The second-order valence-electron chi connectivity index (χ2n) is 20.1. The summed E-state index contributed by atoms with van der Waals surface area (Å²) in [5.74, 6) is 0.753. The lowest BCUT2D eigenvalue weighted by molar-refractivity contribution is 0.482. The molecule has 2 aromatic heterocycles. The molecule has 0 saturated carbocycles. The molecule has 0 saturated heterocycles. The van der Waals surface area contributed by atoms with Crippen LogP contribution in [0.25, 0.3) is 10.8 Å². The van der Waals surface area contributed by atoms with E-state index >= 15 is 0 Å². The van der Waals surface area contributed by atoms with E-state index in [-0.39, 0.29) is 44.2 Å². The zero-order valence-electron chi connectivity index (χ0n) is 53.9. The zero-order valence-corrected chi connectivity index (χ0v) is 68.0. The molecule has 0 aliphatic rings. The van der Waals surface area contributed by atoms with Crippen molar-refractivity contribution < 1.29 is 84.9 Å². The number of ether oxygens (including phenoxy) is 1. The summed E-state index contributed by atoms with van der Waals surface area (Å²) in [6.45, 7) is 7.27. The van der Waals surface area contributed by atoms with Gasteiger partial charge in [-0.1, -0.05) is 120 Å². The lowest BCUT2D eigenvalue weighted by Gasteiger charge is -2.05. The molecule has 9 aromatic carbocycles. The molecule has 1 N–H and O–H groups in total. The zero-order chi connectivity index (χ0) is 79.4. The van der Waals surface area contributed by atoms with Gasteiger partial charge < -0.3 is 9.72 Å². The number of rotatable bonds is 11. The average Bonchev–Trinajstić information content (AvgIpc) is 1.08. The molecular weight excluding hydrogens is 1740 g/mol. The van der Waals surface area contributed by atoms with Gasteiger partial charge in [0.25, 0.3) is 81.5 Å². The van der Waals surface area contributed by atoms with Crippen LogP contribution in [0.15, 0.2) is 300 Å². The number of pyridine rings is 1. The summed E-state index contributed by atoms with van der Waals surface area (Å²) < 4.78 is 211. The molecule has 0 radical (unpaired) electrons. The summed E-state index contributed by atoms with van der Waals surface area (Å²) in [5, 5.41) is 1.45. The van der Waals surface area contributed by atoms with Gasteiger partial charge in [-0.25, -0.2) is 85.1 Å². The minimum Gasteiger partial charge on any atom is -0.457 e. The number of imidazole rings is 1. The number of fused-ring (bicyclic) bond motifs is 1. The van der Waals surface area contributed by atoms with Crippen molar-refractivity contribution in [1.82, 2.24) is 15.0 Å². The molecule has 11 aromatic rings. The number of benzene rings is 9. The first kappa shape index (κ1) is 92.7. The van der Waals surface area contributed by atoms with Gasteiger partial charge in [-0.15, -0.1) is 0 Å². The lowest BCUT2D eigenvalue weighted by Crippen LogP contribution is -1.92. The minimum atomic E-state index is -3.71. The number of para-hydroxylation sites is 1. The first-order chi connectivity index (χ1) is 48.4. The third-order valence-corrected chi connectivity index (χ3v) is 24.4. The number of aryl methyl sites for hydroxylation is 4. The topological polar surface area (TPSA) is 358 Å². The van der Waals surface area contributed by atoms with E-state index in [0.717, 1.165) is 52.5 Å². The molecule has 22 nitrogen and oxygen atoms in total. The Morgan fingerprint density at radius 2 is 0.695 bits per heavy atom. The number of halogens is 10. The van der Waals surface area contributed by atoms with E-state index in [2.05, 4.69) is 15.0 Å². The summed E-state index contributed by atoms with van der Waals surface area (Å²) in [6.07, 6.45) is 5.06. The second kappa shape index (κ2) is 41.7. The second-order valence-corrected chi connectivity index (χ2v) is 43.1. The van der Waals surface area contributed by atoms with Crippen molar-refractivity contribution in [1.29, 1.82) is 0 Å². The van der Waals surface area contributed by atoms with Crippen LogP contribution in [0.4, 0.5) is 4.39 Å². The highest BCUT2D eigenvalue weighted by Gasteiger charge is 2.16. The monoisotopic (exact) mass is 1790 g/mol. The van der Waals surface area contributed by atoms with Gasteiger partial charge in [0.05, 0.1) is 46.8 Å². The number of nitrogens with one attached hydrogen (secondary N) is 1. The molecule has 0 fully saturated rings. The molecular formula is C64H55Cl9FN3O19S9. The number of aromatic nitrogens is 3. The van der Waals surface area contributed by atoms with Crippen LogP contribution in [0, 0.1) is 33.5 Å². The van der Waals surface area contributed by atoms with Crippen LogP contribution >= 0.6 is 96.1 Å². The van der Waals surface area contributed by atoms with Crippen LogP contribution in [0.1, 0.15) is 22.3 Å². The van der Waals surface area contributed by atoms with Gasteiger partial charge >= 0.3 is 0 Å². The number of hydrogen-bond donors (Lipinski definition) is 1. The van der Waals surface area contributed by atoms with Crippen LogP contribution in [0.3, 0.4) is 0 Å². The minimum absolute atomic E-state index is 0.0247. The highest BCUT2D eigenvalue weighted by atomic mass is 35.7. The maximum atomic E-state index is 12.2. The molecule has 0 bridgehead atoms. The molecule has 11 rings (SSSR count). The Bertz CT molecular complexity index is 5570. The van der Waals surface area contributed by atoms with Crippen molar-refractivity contribution in [2.75, 3.05) is 0 Å². The smallest absolute Gasteiger partial charge is 0.278 e. The Balaban J connectivity index is 0.000000309. The van der Waals surface area contributed by atoms with Gasteiger partial charge in [0, 0.05) is 114 Å². The van der Waals surface area contributed by atoms with Crippen molar-refractivity contribution in [3.8, 4) is 11.5 Å². The maximum Gasteiger partial charge on any atom is 0.278 e. The van der Waals surface area contributed by atoms with E-state index in [4.69, 9.17) is 101 Å². The Morgan fingerprint density at radius 1 is 0.314 bits per heavy atom. The standard InChI is InChI=1S/C12H9ClO3S.C10H7ClO2S.4C7H7ClO2S.C6H4ClFO2S.C5H4ClNO2S.C3H3ClN2O2S/c13-17(14,15)12-8-6-11(7-9-12)16-10-4-2-1-3-5-10;11-14(12,13)10-7-3-5-8-4-1-2-6-9(8)10;2*1-6-2-4-7(5-3-6)11(8,9)10;1-6-3-2-4-7(5-6)11(8,9)10;1-6-4-2-3-5-7(6)11(8,9)10;7-11(9,10)6-3-1-5(8)2-4-6;6-10(8,9)5-2-1-3-7-4-5;4-9(7,8)3-1-5-2-6-3/h1-9H;1-7H;4*2-5H,1H3;1-4H;1-4H;1-2H,(H,5,6). The van der Waals surface area contributed by atoms with E-state index < -0.39 is 87.3 Å². The van der Waals surface area contributed by atoms with Crippen LogP contribution in [0.5, 0.6) is 11.5 Å². The van der Waals surface area contributed by atoms with Gasteiger partial charge in [0.1, 0.15) is 22.2 Å². The van der Waals surface area contributed by atoms with Crippen LogP contribution in [-0.2, 0) is 81.5 Å². The fourth-order valence-electron chi connectivity index (χ4n) is 7.17. The van der Waals surface area contributed by atoms with Gasteiger partial charge in [-0.3, -0.25) is 4.98 Å². The Morgan fingerprint density at radius 3 is 1.06 bits per heavy atom. The average molecular weight is 1800 g/mol. The summed E-state index contributed by atoms with van der Waals surface area (Å²) in [7, 11) is 13.3. The normalized spacial score (nSPS) is 11.4. The largest absolute Gasteiger partial charge is 0.457 e. The predicted molar refractivity (Wildman–Crippen MR) is 408 cm³/mol. The van der Waals surface area contributed by atoms with Crippen LogP contribution in [-0.4, -0.2) is 90.7 Å². The first-order valence-electron chi connectivity index (χ1n) is 28.1. The third-order valence-electron chi connectivity index (χ3n) is 12.1. The molecule has 2 heterocycles. The number of H-pyrrole nitrogens is 1. The molecule has 0 unspecified atom stereocenters. The molecule has 0 aliphatic heterocycles. The SMILES string of the molecule is Cc1ccc(S(=O)(=O)Cl)cc1.Cc1ccc(S(=O)(=O)Cl)cc1.Cc1cccc(S(=O)(=O)Cl)c1.Cc1ccccc1S(=O)(=O)Cl.O=S(=O)(Cl)c1ccc(F)cc1.O=S(=O)(Cl)c1ccc(Oc2ccccc2)cc1.O=S(=O)(Cl)c1cccc2ccccc12.O=S(=O)(Cl)c1cccnc1.O=S(=O)(Cl)c1cnc[nH]1. The van der Waals surface area contributed by atoms with Crippen molar-refractivity contribution in [3.05, 3.63) is 284 Å². The van der Waals surface area contributed by atoms with E-state index in [9.17, 15) is 80.2 Å². The van der Waals surface area contributed by atoms with Gasteiger partial charge in [0.2, 0.25) is 0 Å². The predicted octanol–water partition coefficient (Wildman–Crippen LogP) is 17.0. The van der Waals surface area contributed by atoms with Gasteiger partial charge in [0.15, 0.2) is 5.03 Å². The van der Waals surface area contributed by atoms with Gasteiger partial charge in [-0.2, -0.15) is 0 Å². The van der Waals surface area contributed by atoms with Crippen molar-refractivity contribution in [2.45, 2.75) is 71.9 Å². The number of hydrogen-bond acceptors (Lipinski definition) is 21. The van der Waals surface area contributed by atoms with Crippen molar-refractivity contribution in [2.24, 2.45) is 0 Å². The molecule has 0 aliphatic carbocycles. The van der Waals surface area contributed by atoms with Crippen molar-refractivity contribution in [3.63, 3.8) is 0 Å². The number of aromatic amines is 1. The van der Waals surface area contributed by atoms with E-state index in [0.29, 0.717) is 22.4 Å².